The first-order valence-electron chi connectivity index (χ1n) is 9.78. The lowest BCUT2D eigenvalue weighted by atomic mass is 9.72. The van der Waals surface area contributed by atoms with Crippen LogP contribution in [0, 0.1) is 11.8 Å². The number of rotatable bonds is 2. The van der Waals surface area contributed by atoms with Crippen LogP contribution in [-0.4, -0.2) is 57.9 Å². The molecule has 134 valence electrons. The van der Waals surface area contributed by atoms with Crippen molar-refractivity contribution in [3.63, 3.8) is 0 Å². The molecule has 5 nitrogen and oxygen atoms in total. The zero-order valence-electron chi connectivity index (χ0n) is 15.0. The van der Waals surface area contributed by atoms with Gasteiger partial charge in [-0.1, -0.05) is 6.42 Å². The van der Waals surface area contributed by atoms with Gasteiger partial charge in [-0.05, 0) is 49.8 Å². The zero-order chi connectivity index (χ0) is 17.0. The molecule has 1 N–H and O–H groups in total. The quantitative estimate of drug-likeness (QED) is 0.911. The van der Waals surface area contributed by atoms with Gasteiger partial charge in [-0.15, -0.1) is 0 Å². The molecule has 0 spiro atoms. The number of aliphatic hydroxyl groups excluding tert-OH is 1. The molecule has 3 aliphatic heterocycles. The summed E-state index contributed by atoms with van der Waals surface area (Å²) in [5.41, 5.74) is 2.38. The van der Waals surface area contributed by atoms with Crippen LogP contribution in [-0.2, 0) is 7.05 Å². The molecule has 5 heterocycles. The van der Waals surface area contributed by atoms with E-state index in [1.54, 1.807) is 0 Å². The lowest BCUT2D eigenvalue weighted by Gasteiger charge is -2.56. The number of hydrogen-bond donors (Lipinski definition) is 1. The molecular weight excluding hydrogens is 312 g/mol. The Labute approximate surface area is 149 Å². The predicted molar refractivity (Wildman–Crippen MR) is 99.7 cm³/mol. The van der Waals surface area contributed by atoms with E-state index in [1.807, 2.05) is 6.20 Å². The molecule has 3 fully saturated rings. The predicted octanol–water partition coefficient (Wildman–Crippen LogP) is 2.24. The normalized spacial score (nSPS) is 32.8. The van der Waals surface area contributed by atoms with E-state index in [-0.39, 0.29) is 0 Å². The Balaban J connectivity index is 1.50. The second-order valence-corrected chi connectivity index (χ2v) is 8.21. The number of aryl methyl sites for hydroxylation is 1. The van der Waals surface area contributed by atoms with Gasteiger partial charge in [-0.25, -0.2) is 4.98 Å². The third-order valence-electron chi connectivity index (χ3n) is 6.89. The van der Waals surface area contributed by atoms with E-state index in [1.165, 1.54) is 43.3 Å². The molecule has 4 atom stereocenters. The van der Waals surface area contributed by atoms with E-state index in [0.29, 0.717) is 24.6 Å². The highest BCUT2D eigenvalue weighted by Gasteiger charge is 2.47. The van der Waals surface area contributed by atoms with Crippen molar-refractivity contribution < 1.29 is 5.11 Å². The Kier molecular flexibility index (Phi) is 3.75. The van der Waals surface area contributed by atoms with Gasteiger partial charge in [0.05, 0.1) is 6.61 Å². The summed E-state index contributed by atoms with van der Waals surface area (Å²) in [7, 11) is 2.06. The van der Waals surface area contributed by atoms with Crippen LogP contribution >= 0.6 is 0 Å². The van der Waals surface area contributed by atoms with Crippen molar-refractivity contribution in [1.29, 1.82) is 0 Å². The summed E-state index contributed by atoms with van der Waals surface area (Å²) in [6.45, 7) is 3.68. The van der Waals surface area contributed by atoms with Crippen molar-refractivity contribution in [3.05, 3.63) is 24.5 Å². The zero-order valence-corrected chi connectivity index (χ0v) is 15.0. The molecule has 2 aromatic rings. The minimum atomic E-state index is 0.304. The molecule has 0 amide bonds. The van der Waals surface area contributed by atoms with Gasteiger partial charge < -0.3 is 14.6 Å². The van der Waals surface area contributed by atoms with Crippen LogP contribution in [0.2, 0.25) is 0 Å². The SMILES string of the molecule is Cn1ccc2c(N3C[C@H]4C[C@@H](C3)[C@H](CO)N3CCCC[C@@H]43)ccnc21. The summed E-state index contributed by atoms with van der Waals surface area (Å²) >= 11 is 0. The van der Waals surface area contributed by atoms with Gasteiger partial charge in [0.25, 0.3) is 0 Å². The van der Waals surface area contributed by atoms with Crippen molar-refractivity contribution in [2.45, 2.75) is 37.8 Å². The summed E-state index contributed by atoms with van der Waals surface area (Å²) in [6, 6.07) is 5.38. The second-order valence-electron chi connectivity index (χ2n) is 8.21. The number of piperidine rings is 3. The molecule has 0 saturated carbocycles. The van der Waals surface area contributed by atoms with Gasteiger partial charge in [0, 0.05) is 55.7 Å². The average molecular weight is 340 g/mol. The number of aromatic nitrogens is 2. The summed E-state index contributed by atoms with van der Waals surface area (Å²) in [5.74, 6) is 1.30. The highest BCUT2D eigenvalue weighted by molar-refractivity contribution is 5.90. The van der Waals surface area contributed by atoms with Gasteiger partial charge in [-0.2, -0.15) is 0 Å². The molecule has 3 aliphatic rings. The standard InChI is InChI=1S/C20H28N4O/c1-22-9-6-16-18(5-7-21-20(16)22)23-11-14-10-15(12-23)19(13-25)24-8-3-2-4-17(14)24/h5-7,9,14-15,17,19,25H,2-4,8,10-13H2,1H3/t14-,15+,17+,19+/m1/s1. The second kappa shape index (κ2) is 5.99. The fourth-order valence-corrected chi connectivity index (χ4v) is 5.78. The van der Waals surface area contributed by atoms with Crippen molar-refractivity contribution in [3.8, 4) is 0 Å². The van der Waals surface area contributed by atoms with Gasteiger partial charge in [0.15, 0.2) is 0 Å². The van der Waals surface area contributed by atoms with Crippen LogP contribution in [0.4, 0.5) is 5.69 Å². The van der Waals surface area contributed by atoms with Crippen LogP contribution in [0.25, 0.3) is 11.0 Å². The fourth-order valence-electron chi connectivity index (χ4n) is 5.78. The van der Waals surface area contributed by atoms with Gasteiger partial charge in [-0.3, -0.25) is 4.90 Å². The maximum Gasteiger partial charge on any atom is 0.141 e. The summed E-state index contributed by atoms with van der Waals surface area (Å²) in [4.78, 5) is 9.79. The smallest absolute Gasteiger partial charge is 0.141 e. The maximum absolute atomic E-state index is 10.1. The first-order valence-corrected chi connectivity index (χ1v) is 9.78. The molecule has 5 heteroatoms. The van der Waals surface area contributed by atoms with Crippen molar-refractivity contribution in [2.75, 3.05) is 31.1 Å². The molecule has 5 rings (SSSR count). The summed E-state index contributed by atoms with van der Waals surface area (Å²) in [5, 5.41) is 11.4. The molecule has 0 aromatic carbocycles. The van der Waals surface area contributed by atoms with E-state index in [0.717, 1.165) is 24.7 Å². The minimum Gasteiger partial charge on any atom is -0.395 e. The lowest BCUT2D eigenvalue weighted by molar-refractivity contribution is -0.0517. The number of aliphatic hydroxyl groups is 1. The monoisotopic (exact) mass is 340 g/mol. The largest absolute Gasteiger partial charge is 0.395 e. The van der Waals surface area contributed by atoms with Crippen LogP contribution in [0.1, 0.15) is 25.7 Å². The van der Waals surface area contributed by atoms with E-state index >= 15 is 0 Å². The Morgan fingerprint density at radius 3 is 2.96 bits per heavy atom. The van der Waals surface area contributed by atoms with Gasteiger partial charge in [0.1, 0.15) is 5.65 Å². The van der Waals surface area contributed by atoms with E-state index in [4.69, 9.17) is 0 Å². The van der Waals surface area contributed by atoms with Crippen LogP contribution in [0.15, 0.2) is 24.5 Å². The summed E-state index contributed by atoms with van der Waals surface area (Å²) in [6.07, 6.45) is 9.28. The fraction of sp³-hybridized carbons (Fsp3) is 0.650. The Hall–Kier alpha value is -1.59. The topological polar surface area (TPSA) is 44.5 Å². The molecule has 2 bridgehead atoms. The molecule has 0 unspecified atom stereocenters. The molecule has 3 saturated heterocycles. The van der Waals surface area contributed by atoms with Gasteiger partial charge >= 0.3 is 0 Å². The number of nitrogens with zero attached hydrogens (tertiary/aromatic N) is 4. The highest BCUT2D eigenvalue weighted by atomic mass is 16.3. The number of fused-ring (bicyclic) bond motifs is 5. The number of anilines is 1. The van der Waals surface area contributed by atoms with Gasteiger partial charge in [0.2, 0.25) is 0 Å². The third-order valence-corrected chi connectivity index (χ3v) is 6.89. The Bertz CT molecular complexity index is 758. The van der Waals surface area contributed by atoms with Crippen molar-refractivity contribution in [1.82, 2.24) is 14.5 Å². The molecule has 2 aromatic heterocycles. The first-order chi connectivity index (χ1) is 12.3. The lowest BCUT2D eigenvalue weighted by Crippen LogP contribution is -2.64. The highest BCUT2D eigenvalue weighted by Crippen LogP contribution is 2.42. The minimum absolute atomic E-state index is 0.304. The van der Waals surface area contributed by atoms with E-state index in [9.17, 15) is 5.11 Å². The maximum atomic E-state index is 10.1. The molecular formula is C20H28N4O. The first kappa shape index (κ1) is 15.6. The molecule has 0 radical (unpaired) electrons. The molecule has 25 heavy (non-hydrogen) atoms. The van der Waals surface area contributed by atoms with E-state index < -0.39 is 0 Å². The molecule has 0 aliphatic carbocycles. The Morgan fingerprint density at radius 2 is 2.08 bits per heavy atom. The average Bonchev–Trinajstić information content (AvgIpc) is 3.03. The number of hydrogen-bond acceptors (Lipinski definition) is 4. The van der Waals surface area contributed by atoms with Crippen LogP contribution in [0.5, 0.6) is 0 Å². The van der Waals surface area contributed by atoms with Crippen LogP contribution in [0.3, 0.4) is 0 Å². The number of pyridine rings is 1. The third kappa shape index (κ3) is 2.40. The van der Waals surface area contributed by atoms with E-state index in [2.05, 4.69) is 44.7 Å². The van der Waals surface area contributed by atoms with Crippen LogP contribution < -0.4 is 4.90 Å². The summed E-state index contributed by atoms with van der Waals surface area (Å²) < 4.78 is 2.10. The van der Waals surface area contributed by atoms with Crippen molar-refractivity contribution >= 4 is 16.7 Å². The van der Waals surface area contributed by atoms with Crippen molar-refractivity contribution in [2.24, 2.45) is 18.9 Å². The Morgan fingerprint density at radius 1 is 1.20 bits per heavy atom.